The maximum atomic E-state index is 4.87. The van der Waals surface area contributed by atoms with Crippen LogP contribution in [0.5, 0.6) is 0 Å². The number of aromatic nitrogens is 1. The SMILES string of the molecule is C(=Cc1cc2c(cn1)Cc1ccccc1[Si]2(c1ccccc1)c1ccccc1)c1ccccc1. The Balaban J connectivity index is 1.63. The Morgan fingerprint density at radius 2 is 1.15 bits per heavy atom. The monoisotopic (exact) mass is 451 g/mol. The zero-order valence-electron chi connectivity index (χ0n) is 18.9. The van der Waals surface area contributed by atoms with Crippen molar-refractivity contribution < 1.29 is 0 Å². The van der Waals surface area contributed by atoms with Gasteiger partial charge in [0.15, 0.2) is 8.07 Å². The lowest BCUT2D eigenvalue weighted by molar-refractivity contribution is 1.15. The molecule has 162 valence electrons. The first kappa shape index (κ1) is 20.6. The van der Waals surface area contributed by atoms with Crippen molar-refractivity contribution in [3.8, 4) is 0 Å². The summed E-state index contributed by atoms with van der Waals surface area (Å²) in [6, 6.07) is 44.1. The molecule has 1 aliphatic heterocycles. The molecule has 1 nitrogen and oxygen atoms in total. The Kier molecular flexibility index (Phi) is 5.29. The van der Waals surface area contributed by atoms with Crippen LogP contribution in [0.2, 0.25) is 0 Å². The summed E-state index contributed by atoms with van der Waals surface area (Å²) in [4.78, 5) is 4.87. The van der Waals surface area contributed by atoms with Crippen molar-refractivity contribution in [3.05, 3.63) is 150 Å². The normalized spacial score (nSPS) is 13.9. The number of benzene rings is 4. The fraction of sp³-hybridized carbons (Fsp3) is 0.0312. The minimum absolute atomic E-state index is 0.926. The average Bonchev–Trinajstić information content (AvgIpc) is 2.92. The van der Waals surface area contributed by atoms with E-state index in [0.717, 1.165) is 12.1 Å². The lowest BCUT2D eigenvalue weighted by Gasteiger charge is -2.40. The fourth-order valence-corrected chi connectivity index (χ4v) is 10.6. The van der Waals surface area contributed by atoms with Gasteiger partial charge in [0.25, 0.3) is 0 Å². The number of pyridine rings is 1. The maximum absolute atomic E-state index is 4.87. The van der Waals surface area contributed by atoms with Crippen molar-refractivity contribution in [1.82, 2.24) is 4.98 Å². The van der Waals surface area contributed by atoms with Crippen LogP contribution in [0.25, 0.3) is 12.2 Å². The third kappa shape index (κ3) is 3.44. The third-order valence-corrected chi connectivity index (χ3v) is 11.8. The summed E-state index contributed by atoms with van der Waals surface area (Å²) in [5.74, 6) is 0. The highest BCUT2D eigenvalue weighted by atomic mass is 28.3. The molecular weight excluding hydrogens is 426 g/mol. The largest absolute Gasteiger partial charge is 0.257 e. The molecule has 0 saturated heterocycles. The lowest BCUT2D eigenvalue weighted by Crippen LogP contribution is -2.77. The average molecular weight is 452 g/mol. The lowest BCUT2D eigenvalue weighted by atomic mass is 10.0. The summed E-state index contributed by atoms with van der Waals surface area (Å²) < 4.78 is 0. The minimum Gasteiger partial charge on any atom is -0.257 e. The predicted octanol–water partition coefficient (Wildman–Crippen LogP) is 4.53. The van der Waals surface area contributed by atoms with E-state index in [0.29, 0.717) is 0 Å². The molecule has 6 rings (SSSR count). The summed E-state index contributed by atoms with van der Waals surface area (Å²) in [6.07, 6.45) is 7.34. The minimum atomic E-state index is -2.49. The van der Waals surface area contributed by atoms with E-state index in [9.17, 15) is 0 Å². The Morgan fingerprint density at radius 3 is 1.82 bits per heavy atom. The molecule has 0 amide bonds. The number of rotatable bonds is 4. The molecule has 2 heterocycles. The molecule has 0 unspecified atom stereocenters. The summed E-state index contributed by atoms with van der Waals surface area (Å²) in [7, 11) is -2.49. The van der Waals surface area contributed by atoms with Crippen molar-refractivity contribution in [3.63, 3.8) is 0 Å². The summed E-state index contributed by atoms with van der Waals surface area (Å²) in [5.41, 5.74) is 4.95. The van der Waals surface area contributed by atoms with E-state index in [1.165, 1.54) is 37.4 Å². The third-order valence-electron chi connectivity index (χ3n) is 6.87. The van der Waals surface area contributed by atoms with E-state index >= 15 is 0 Å². The molecule has 5 aromatic rings. The van der Waals surface area contributed by atoms with Crippen LogP contribution >= 0.6 is 0 Å². The molecule has 0 aliphatic carbocycles. The van der Waals surface area contributed by atoms with Gasteiger partial charge in [-0.3, -0.25) is 4.98 Å². The molecule has 0 bridgehead atoms. The number of nitrogens with zero attached hydrogens (tertiary/aromatic N) is 1. The van der Waals surface area contributed by atoms with Gasteiger partial charge in [-0.15, -0.1) is 0 Å². The molecule has 1 aliphatic rings. The van der Waals surface area contributed by atoms with Crippen molar-refractivity contribution in [2.45, 2.75) is 6.42 Å². The molecule has 4 aromatic carbocycles. The van der Waals surface area contributed by atoms with Gasteiger partial charge in [0.1, 0.15) is 0 Å². The first-order valence-corrected chi connectivity index (χ1v) is 13.8. The van der Waals surface area contributed by atoms with Crippen LogP contribution in [0.4, 0.5) is 0 Å². The van der Waals surface area contributed by atoms with E-state index in [1.54, 1.807) is 0 Å². The van der Waals surface area contributed by atoms with Gasteiger partial charge in [0.2, 0.25) is 0 Å². The standard InChI is InChI=1S/C32H25NSi/c1-4-12-25(13-5-1)20-21-28-23-32-27(24-33-28)22-26-14-10-11-19-31(26)34(32,29-15-6-2-7-16-29)30-17-8-3-9-18-30/h1-21,23-24H,22H2. The molecule has 0 spiro atoms. The summed E-state index contributed by atoms with van der Waals surface area (Å²) >= 11 is 0. The Hall–Kier alpha value is -4.01. The molecule has 1 aromatic heterocycles. The summed E-state index contributed by atoms with van der Waals surface area (Å²) in [5, 5.41) is 5.77. The van der Waals surface area contributed by atoms with Gasteiger partial charge in [-0.05, 0) is 56.0 Å². The van der Waals surface area contributed by atoms with Crippen molar-refractivity contribution in [2.75, 3.05) is 0 Å². The van der Waals surface area contributed by atoms with E-state index in [2.05, 4.69) is 134 Å². The number of hydrogen-bond donors (Lipinski definition) is 0. The van der Waals surface area contributed by atoms with Gasteiger partial charge in [-0.1, -0.05) is 121 Å². The van der Waals surface area contributed by atoms with Crippen LogP contribution in [0.1, 0.15) is 22.4 Å². The maximum Gasteiger partial charge on any atom is 0.180 e. The number of fused-ring (bicyclic) bond motifs is 2. The second-order valence-corrected chi connectivity index (χ2v) is 12.6. The Labute approximate surface area is 202 Å². The first-order valence-electron chi connectivity index (χ1n) is 11.8. The van der Waals surface area contributed by atoms with E-state index < -0.39 is 8.07 Å². The van der Waals surface area contributed by atoms with Gasteiger partial charge in [0, 0.05) is 6.20 Å². The van der Waals surface area contributed by atoms with E-state index in [1.807, 2.05) is 6.07 Å². The second kappa shape index (κ2) is 8.73. The zero-order valence-corrected chi connectivity index (χ0v) is 19.9. The van der Waals surface area contributed by atoms with Gasteiger partial charge in [0.05, 0.1) is 5.69 Å². The van der Waals surface area contributed by atoms with Crippen LogP contribution in [0.15, 0.2) is 128 Å². The van der Waals surface area contributed by atoms with Crippen LogP contribution in [0, 0.1) is 0 Å². The zero-order chi connectivity index (χ0) is 22.8. The van der Waals surface area contributed by atoms with Gasteiger partial charge in [-0.2, -0.15) is 0 Å². The van der Waals surface area contributed by atoms with E-state index in [4.69, 9.17) is 4.98 Å². The highest BCUT2D eigenvalue weighted by Crippen LogP contribution is 2.21. The van der Waals surface area contributed by atoms with Crippen LogP contribution in [0.3, 0.4) is 0 Å². The first-order chi connectivity index (χ1) is 16.9. The highest BCUT2D eigenvalue weighted by Gasteiger charge is 2.46. The van der Waals surface area contributed by atoms with Crippen molar-refractivity contribution in [1.29, 1.82) is 0 Å². The van der Waals surface area contributed by atoms with Crippen molar-refractivity contribution >= 4 is 41.0 Å². The quantitative estimate of drug-likeness (QED) is 0.359. The van der Waals surface area contributed by atoms with Crippen LogP contribution in [-0.2, 0) is 6.42 Å². The predicted molar refractivity (Wildman–Crippen MR) is 146 cm³/mol. The fourth-order valence-electron chi connectivity index (χ4n) is 5.38. The Morgan fingerprint density at radius 1 is 0.559 bits per heavy atom. The van der Waals surface area contributed by atoms with Gasteiger partial charge < -0.3 is 0 Å². The number of hydrogen-bond acceptors (Lipinski definition) is 1. The molecule has 0 atom stereocenters. The van der Waals surface area contributed by atoms with Crippen molar-refractivity contribution in [2.24, 2.45) is 0 Å². The Bertz CT molecular complexity index is 1420. The highest BCUT2D eigenvalue weighted by molar-refractivity contribution is 7.20. The molecule has 0 saturated carbocycles. The summed E-state index contributed by atoms with van der Waals surface area (Å²) in [6.45, 7) is 0. The molecule has 0 fully saturated rings. The molecule has 34 heavy (non-hydrogen) atoms. The topological polar surface area (TPSA) is 12.9 Å². The van der Waals surface area contributed by atoms with Crippen LogP contribution in [-0.4, -0.2) is 13.1 Å². The second-order valence-electron chi connectivity index (χ2n) is 8.83. The molecule has 0 N–H and O–H groups in total. The van der Waals surface area contributed by atoms with Gasteiger partial charge >= 0.3 is 0 Å². The van der Waals surface area contributed by atoms with E-state index in [-0.39, 0.29) is 0 Å². The molecule has 2 heteroatoms. The molecule has 0 radical (unpaired) electrons. The van der Waals surface area contributed by atoms with Gasteiger partial charge in [-0.25, -0.2) is 0 Å². The smallest absolute Gasteiger partial charge is 0.180 e. The molecular formula is C32H25NSi. The van der Waals surface area contributed by atoms with Crippen LogP contribution < -0.4 is 20.7 Å².